The minimum absolute atomic E-state index is 0.624. The summed E-state index contributed by atoms with van der Waals surface area (Å²) in [4.78, 5) is 0. The van der Waals surface area contributed by atoms with E-state index in [1.807, 2.05) is 53.1 Å². The summed E-state index contributed by atoms with van der Waals surface area (Å²) in [6.45, 7) is 2.09. The SMILES string of the molecule is Cc1cccc(CSc2nnc(-c3ccccc3Cl)n2-c2ccccc2Cl)c1. The second-order valence-corrected chi connectivity index (χ2v) is 8.11. The summed E-state index contributed by atoms with van der Waals surface area (Å²) in [6.07, 6.45) is 0. The van der Waals surface area contributed by atoms with Gasteiger partial charge < -0.3 is 0 Å². The second-order valence-electron chi connectivity index (χ2n) is 6.35. The molecule has 4 aromatic rings. The van der Waals surface area contributed by atoms with Crippen molar-refractivity contribution < 1.29 is 0 Å². The summed E-state index contributed by atoms with van der Waals surface area (Å²) in [7, 11) is 0. The van der Waals surface area contributed by atoms with Crippen LogP contribution >= 0.6 is 35.0 Å². The smallest absolute Gasteiger partial charge is 0.196 e. The van der Waals surface area contributed by atoms with Gasteiger partial charge in [-0.2, -0.15) is 0 Å². The zero-order valence-corrected chi connectivity index (χ0v) is 17.5. The van der Waals surface area contributed by atoms with Gasteiger partial charge in [0.15, 0.2) is 11.0 Å². The molecule has 0 radical (unpaired) electrons. The van der Waals surface area contributed by atoms with Crippen LogP contribution in [0.15, 0.2) is 78.0 Å². The van der Waals surface area contributed by atoms with Crippen molar-refractivity contribution in [1.82, 2.24) is 14.8 Å². The molecule has 0 amide bonds. The molecular weight excluding hydrogens is 409 g/mol. The molecule has 0 saturated heterocycles. The van der Waals surface area contributed by atoms with Crippen LogP contribution in [0.3, 0.4) is 0 Å². The predicted octanol–water partition coefficient (Wildman–Crippen LogP) is 6.84. The third-order valence-electron chi connectivity index (χ3n) is 4.29. The first kappa shape index (κ1) is 19.1. The molecule has 0 aliphatic heterocycles. The Morgan fingerprint density at radius 1 is 0.857 bits per heavy atom. The van der Waals surface area contributed by atoms with E-state index >= 15 is 0 Å². The molecule has 0 aliphatic rings. The van der Waals surface area contributed by atoms with Crippen LogP contribution < -0.4 is 0 Å². The fourth-order valence-electron chi connectivity index (χ4n) is 2.98. The molecule has 1 aromatic heterocycles. The van der Waals surface area contributed by atoms with Crippen LogP contribution in [0.2, 0.25) is 10.0 Å². The van der Waals surface area contributed by atoms with E-state index in [4.69, 9.17) is 23.2 Å². The first-order valence-electron chi connectivity index (χ1n) is 8.77. The van der Waals surface area contributed by atoms with E-state index in [1.54, 1.807) is 11.8 Å². The first-order valence-corrected chi connectivity index (χ1v) is 10.5. The maximum absolute atomic E-state index is 6.51. The van der Waals surface area contributed by atoms with Gasteiger partial charge in [0.05, 0.1) is 15.7 Å². The molecule has 3 nitrogen and oxygen atoms in total. The fraction of sp³-hybridized carbons (Fsp3) is 0.0909. The third kappa shape index (κ3) is 3.95. The van der Waals surface area contributed by atoms with E-state index in [1.165, 1.54) is 11.1 Å². The average Bonchev–Trinajstić information content (AvgIpc) is 3.11. The molecule has 28 heavy (non-hydrogen) atoms. The Morgan fingerprint density at radius 3 is 2.36 bits per heavy atom. The lowest BCUT2D eigenvalue weighted by Crippen LogP contribution is -2.01. The van der Waals surface area contributed by atoms with Crippen LogP contribution in [0.1, 0.15) is 11.1 Å². The Labute approximate surface area is 178 Å². The van der Waals surface area contributed by atoms with E-state index in [2.05, 4.69) is 41.4 Å². The maximum Gasteiger partial charge on any atom is 0.196 e. The lowest BCUT2D eigenvalue weighted by atomic mass is 10.2. The Bertz CT molecular complexity index is 1120. The monoisotopic (exact) mass is 425 g/mol. The number of nitrogens with zero attached hydrogens (tertiary/aromatic N) is 3. The summed E-state index contributed by atoms with van der Waals surface area (Å²) in [5, 5.41) is 10.9. The number of hydrogen-bond acceptors (Lipinski definition) is 3. The highest BCUT2D eigenvalue weighted by Crippen LogP contribution is 2.35. The van der Waals surface area contributed by atoms with E-state index < -0.39 is 0 Å². The molecule has 0 saturated carbocycles. The van der Waals surface area contributed by atoms with Gasteiger partial charge in [0.25, 0.3) is 0 Å². The molecule has 0 bridgehead atoms. The average molecular weight is 426 g/mol. The molecular formula is C22H17Cl2N3S. The number of rotatable bonds is 5. The molecule has 1 heterocycles. The highest BCUT2D eigenvalue weighted by atomic mass is 35.5. The van der Waals surface area contributed by atoms with Crippen LogP contribution in [0.5, 0.6) is 0 Å². The molecule has 3 aromatic carbocycles. The third-order valence-corrected chi connectivity index (χ3v) is 5.94. The Kier molecular flexibility index (Phi) is 5.72. The molecule has 0 unspecified atom stereocenters. The number of para-hydroxylation sites is 1. The van der Waals surface area contributed by atoms with Gasteiger partial charge in [0.1, 0.15) is 0 Å². The quantitative estimate of drug-likeness (QED) is 0.327. The summed E-state index contributed by atoms with van der Waals surface area (Å²) in [5.74, 6) is 1.46. The lowest BCUT2D eigenvalue weighted by Gasteiger charge is -2.12. The van der Waals surface area contributed by atoms with Crippen LogP contribution in [0.25, 0.3) is 17.1 Å². The van der Waals surface area contributed by atoms with Crippen LogP contribution in [-0.4, -0.2) is 14.8 Å². The fourth-order valence-corrected chi connectivity index (χ4v) is 4.31. The summed E-state index contributed by atoms with van der Waals surface area (Å²) in [5.41, 5.74) is 4.12. The van der Waals surface area contributed by atoms with Crippen molar-refractivity contribution in [3.8, 4) is 17.1 Å². The molecule has 0 fully saturated rings. The van der Waals surface area contributed by atoms with Gasteiger partial charge in [-0.15, -0.1) is 10.2 Å². The first-order chi connectivity index (χ1) is 13.6. The highest BCUT2D eigenvalue weighted by Gasteiger charge is 2.19. The number of benzene rings is 3. The minimum atomic E-state index is 0.624. The van der Waals surface area contributed by atoms with Crippen molar-refractivity contribution in [2.75, 3.05) is 0 Å². The highest BCUT2D eigenvalue weighted by molar-refractivity contribution is 7.98. The molecule has 0 aliphatic carbocycles. The van der Waals surface area contributed by atoms with Gasteiger partial charge in [0.2, 0.25) is 0 Å². The maximum atomic E-state index is 6.51. The molecule has 0 spiro atoms. The lowest BCUT2D eigenvalue weighted by molar-refractivity contribution is 0.886. The van der Waals surface area contributed by atoms with E-state index in [0.29, 0.717) is 15.9 Å². The Morgan fingerprint density at radius 2 is 1.61 bits per heavy atom. The Hall–Kier alpha value is -2.27. The normalized spacial score (nSPS) is 11.0. The van der Waals surface area contributed by atoms with Gasteiger partial charge in [-0.1, -0.05) is 89.1 Å². The molecule has 4 rings (SSSR count). The van der Waals surface area contributed by atoms with E-state index in [-0.39, 0.29) is 0 Å². The van der Waals surface area contributed by atoms with Crippen molar-refractivity contribution >= 4 is 35.0 Å². The Balaban J connectivity index is 1.79. The minimum Gasteiger partial charge on any atom is -0.268 e. The van der Waals surface area contributed by atoms with Crippen molar-refractivity contribution in [2.24, 2.45) is 0 Å². The predicted molar refractivity (Wildman–Crippen MR) is 118 cm³/mol. The molecule has 140 valence electrons. The van der Waals surface area contributed by atoms with E-state index in [0.717, 1.165) is 22.2 Å². The van der Waals surface area contributed by atoms with Crippen molar-refractivity contribution in [3.63, 3.8) is 0 Å². The van der Waals surface area contributed by atoms with Crippen LogP contribution in [0, 0.1) is 6.92 Å². The number of hydrogen-bond donors (Lipinski definition) is 0. The van der Waals surface area contributed by atoms with Gasteiger partial charge >= 0.3 is 0 Å². The van der Waals surface area contributed by atoms with Crippen LogP contribution in [0.4, 0.5) is 0 Å². The van der Waals surface area contributed by atoms with Gasteiger partial charge in [-0.25, -0.2) is 0 Å². The summed E-state index contributed by atoms with van der Waals surface area (Å²) < 4.78 is 1.98. The number of halogens is 2. The summed E-state index contributed by atoms with van der Waals surface area (Å²) >= 11 is 14.6. The topological polar surface area (TPSA) is 30.7 Å². The van der Waals surface area contributed by atoms with Crippen molar-refractivity contribution in [3.05, 3.63) is 94.0 Å². The molecule has 0 atom stereocenters. The zero-order valence-electron chi connectivity index (χ0n) is 15.1. The standard InChI is InChI=1S/C22H17Cl2N3S/c1-15-7-6-8-16(13-15)14-28-22-26-25-21(17-9-2-3-10-18(17)23)27(22)20-12-5-4-11-19(20)24/h2-13H,14H2,1H3. The van der Waals surface area contributed by atoms with Gasteiger partial charge in [0, 0.05) is 11.3 Å². The van der Waals surface area contributed by atoms with Crippen molar-refractivity contribution in [1.29, 1.82) is 0 Å². The summed E-state index contributed by atoms with van der Waals surface area (Å²) in [6, 6.07) is 23.8. The zero-order chi connectivity index (χ0) is 19.5. The molecule has 6 heteroatoms. The molecule has 0 N–H and O–H groups in total. The van der Waals surface area contributed by atoms with Gasteiger partial charge in [-0.3, -0.25) is 4.57 Å². The largest absolute Gasteiger partial charge is 0.268 e. The van der Waals surface area contributed by atoms with E-state index in [9.17, 15) is 0 Å². The number of aryl methyl sites for hydroxylation is 1. The number of thioether (sulfide) groups is 1. The number of aromatic nitrogens is 3. The van der Waals surface area contributed by atoms with Crippen LogP contribution in [-0.2, 0) is 5.75 Å². The van der Waals surface area contributed by atoms with Crippen molar-refractivity contribution in [2.45, 2.75) is 17.8 Å². The second kappa shape index (κ2) is 8.39. The van der Waals surface area contributed by atoms with Gasteiger partial charge in [-0.05, 0) is 36.8 Å².